The summed E-state index contributed by atoms with van der Waals surface area (Å²) in [6.45, 7) is 0.597. The SMILES string of the molecule is O=C(CNC(CCOc1cccc2c3c(oc12)CCCC3)c1ccccc1)c1ccc(OCc2ccccc2)c([N+](=O)[O-])c1. The number of fused-ring (bicyclic) bond motifs is 3. The summed E-state index contributed by atoms with van der Waals surface area (Å²) in [5.41, 5.74) is 4.02. The number of hydrogen-bond acceptors (Lipinski definition) is 7. The van der Waals surface area contributed by atoms with Crippen LogP contribution in [0.3, 0.4) is 0 Å². The number of nitrogens with one attached hydrogen (secondary N) is 1. The largest absolute Gasteiger partial charge is 0.490 e. The van der Waals surface area contributed by atoms with Gasteiger partial charge in [0.25, 0.3) is 0 Å². The van der Waals surface area contributed by atoms with Gasteiger partial charge in [-0.2, -0.15) is 0 Å². The van der Waals surface area contributed by atoms with Crippen molar-refractivity contribution in [1.29, 1.82) is 0 Å². The van der Waals surface area contributed by atoms with Gasteiger partial charge in [0.05, 0.1) is 18.1 Å². The molecular weight excluding hydrogens is 556 g/mol. The van der Waals surface area contributed by atoms with Crippen LogP contribution in [-0.2, 0) is 19.4 Å². The maximum absolute atomic E-state index is 13.2. The third-order valence-corrected chi connectivity index (χ3v) is 8.04. The predicted octanol–water partition coefficient (Wildman–Crippen LogP) is 7.78. The number of Topliss-reactive ketones (excluding diaryl/α,β-unsaturated/α-hetero) is 1. The Morgan fingerprint density at radius 1 is 0.886 bits per heavy atom. The molecule has 0 spiro atoms. The van der Waals surface area contributed by atoms with Crippen molar-refractivity contribution in [1.82, 2.24) is 5.32 Å². The minimum absolute atomic E-state index is 0.00141. The molecule has 0 bridgehead atoms. The molecule has 1 N–H and O–H groups in total. The van der Waals surface area contributed by atoms with E-state index in [0.717, 1.165) is 52.9 Å². The Labute approximate surface area is 255 Å². The van der Waals surface area contributed by atoms with Gasteiger partial charge in [0, 0.05) is 41.5 Å². The lowest BCUT2D eigenvalue weighted by atomic mass is 9.96. The number of aryl methyl sites for hydroxylation is 2. The third-order valence-electron chi connectivity index (χ3n) is 8.04. The zero-order valence-corrected chi connectivity index (χ0v) is 24.4. The number of carbonyl (C=O) groups is 1. The van der Waals surface area contributed by atoms with Gasteiger partial charge in [-0.15, -0.1) is 0 Å². The number of carbonyl (C=O) groups excluding carboxylic acids is 1. The number of rotatable bonds is 13. The second kappa shape index (κ2) is 13.6. The first kappa shape index (κ1) is 29.1. The number of nitro groups is 1. The summed E-state index contributed by atoms with van der Waals surface area (Å²) in [7, 11) is 0. The summed E-state index contributed by atoms with van der Waals surface area (Å²) in [4.78, 5) is 24.5. The normalized spacial score (nSPS) is 13.3. The standard InChI is InChI=1S/C36H34N2O6/c39-32(27-18-19-34(31(22-27)38(40)41)43-24-25-10-3-1-4-11-25)23-37-30(26-12-5-2-6-13-26)20-21-42-35-17-9-15-29-28-14-7-8-16-33(28)44-36(29)35/h1-6,9-13,15,17-19,22,30,37H,7-8,14,16,20-21,23-24H2. The summed E-state index contributed by atoms with van der Waals surface area (Å²) in [6.07, 6.45) is 4.91. The average molecular weight is 591 g/mol. The molecule has 224 valence electrons. The number of nitro benzene ring substituents is 1. The molecule has 0 saturated carbocycles. The Bertz CT molecular complexity index is 1750. The van der Waals surface area contributed by atoms with E-state index in [0.29, 0.717) is 13.0 Å². The molecule has 8 heteroatoms. The predicted molar refractivity (Wildman–Crippen MR) is 168 cm³/mol. The van der Waals surface area contributed by atoms with Crippen LogP contribution >= 0.6 is 0 Å². The highest BCUT2D eigenvalue weighted by atomic mass is 16.6. The molecule has 1 aliphatic carbocycles. The molecule has 0 radical (unpaired) electrons. The summed E-state index contributed by atoms with van der Waals surface area (Å²) in [5.74, 6) is 1.66. The summed E-state index contributed by atoms with van der Waals surface area (Å²) >= 11 is 0. The molecule has 1 aromatic heterocycles. The van der Waals surface area contributed by atoms with Crippen molar-refractivity contribution < 1.29 is 23.6 Å². The van der Waals surface area contributed by atoms with E-state index in [9.17, 15) is 14.9 Å². The second-order valence-corrected chi connectivity index (χ2v) is 11.0. The van der Waals surface area contributed by atoms with Gasteiger partial charge in [-0.3, -0.25) is 14.9 Å². The van der Waals surface area contributed by atoms with E-state index in [1.165, 1.54) is 24.1 Å². The fraction of sp³-hybridized carbons (Fsp3) is 0.250. The van der Waals surface area contributed by atoms with Gasteiger partial charge >= 0.3 is 5.69 Å². The van der Waals surface area contributed by atoms with Crippen molar-refractivity contribution in [2.45, 2.75) is 44.8 Å². The molecular formula is C36H34N2O6. The Balaban J connectivity index is 1.12. The fourth-order valence-electron chi connectivity index (χ4n) is 5.74. The molecule has 44 heavy (non-hydrogen) atoms. The number of ketones is 1. The number of nitrogens with zero attached hydrogens (tertiary/aromatic N) is 1. The van der Waals surface area contributed by atoms with Crippen LogP contribution in [0.25, 0.3) is 11.0 Å². The molecule has 1 aliphatic rings. The van der Waals surface area contributed by atoms with Crippen LogP contribution in [0.15, 0.2) is 101 Å². The van der Waals surface area contributed by atoms with Crippen molar-refractivity contribution in [3.8, 4) is 11.5 Å². The summed E-state index contributed by atoms with van der Waals surface area (Å²) in [5, 5.41) is 16.3. The van der Waals surface area contributed by atoms with E-state index in [2.05, 4.69) is 11.4 Å². The second-order valence-electron chi connectivity index (χ2n) is 11.0. The minimum atomic E-state index is -0.523. The molecule has 0 saturated heterocycles. The first-order valence-corrected chi connectivity index (χ1v) is 15.0. The fourth-order valence-corrected chi connectivity index (χ4v) is 5.74. The Morgan fingerprint density at radius 2 is 1.66 bits per heavy atom. The molecule has 1 unspecified atom stereocenters. The van der Waals surface area contributed by atoms with Crippen LogP contribution < -0.4 is 14.8 Å². The van der Waals surface area contributed by atoms with Gasteiger partial charge in [0.15, 0.2) is 22.9 Å². The van der Waals surface area contributed by atoms with Gasteiger partial charge in [-0.25, -0.2) is 0 Å². The Kier molecular flexibility index (Phi) is 8.98. The number of ether oxygens (including phenoxy) is 2. The van der Waals surface area contributed by atoms with Crippen LogP contribution in [0.4, 0.5) is 5.69 Å². The lowest BCUT2D eigenvalue weighted by Gasteiger charge is -2.19. The van der Waals surface area contributed by atoms with E-state index in [1.807, 2.05) is 72.8 Å². The highest BCUT2D eigenvalue weighted by Gasteiger charge is 2.22. The number of furan rings is 1. The first-order valence-electron chi connectivity index (χ1n) is 15.0. The van der Waals surface area contributed by atoms with E-state index >= 15 is 0 Å². The monoisotopic (exact) mass is 590 g/mol. The van der Waals surface area contributed by atoms with Gasteiger partial charge in [0.1, 0.15) is 12.4 Å². The number of hydrogen-bond donors (Lipinski definition) is 1. The third kappa shape index (κ3) is 6.66. The van der Waals surface area contributed by atoms with E-state index in [4.69, 9.17) is 13.9 Å². The minimum Gasteiger partial charge on any atom is -0.490 e. The smallest absolute Gasteiger partial charge is 0.311 e. The quantitative estimate of drug-likeness (QED) is 0.0848. The Morgan fingerprint density at radius 3 is 2.45 bits per heavy atom. The molecule has 4 aromatic carbocycles. The molecule has 6 rings (SSSR count). The molecule has 0 fully saturated rings. The van der Waals surface area contributed by atoms with E-state index in [-0.39, 0.29) is 42.0 Å². The van der Waals surface area contributed by atoms with Gasteiger partial charge in [-0.05, 0) is 48.6 Å². The zero-order valence-electron chi connectivity index (χ0n) is 24.4. The van der Waals surface area contributed by atoms with Gasteiger partial charge < -0.3 is 19.2 Å². The van der Waals surface area contributed by atoms with Crippen molar-refractivity contribution in [3.63, 3.8) is 0 Å². The van der Waals surface area contributed by atoms with Crippen molar-refractivity contribution in [3.05, 3.63) is 135 Å². The van der Waals surface area contributed by atoms with Crippen LogP contribution in [0.2, 0.25) is 0 Å². The van der Waals surface area contributed by atoms with E-state index in [1.54, 1.807) is 6.07 Å². The highest BCUT2D eigenvalue weighted by molar-refractivity contribution is 5.98. The molecule has 8 nitrogen and oxygen atoms in total. The number of benzene rings is 4. The molecule has 0 aliphatic heterocycles. The molecule has 0 amide bonds. The lowest BCUT2D eigenvalue weighted by molar-refractivity contribution is -0.386. The van der Waals surface area contributed by atoms with Gasteiger partial charge in [-0.1, -0.05) is 72.8 Å². The Hall–Kier alpha value is -4.95. The van der Waals surface area contributed by atoms with Crippen LogP contribution in [-0.4, -0.2) is 23.9 Å². The maximum Gasteiger partial charge on any atom is 0.311 e. The van der Waals surface area contributed by atoms with Crippen LogP contribution in [0.5, 0.6) is 11.5 Å². The van der Waals surface area contributed by atoms with Gasteiger partial charge in [0.2, 0.25) is 0 Å². The van der Waals surface area contributed by atoms with E-state index < -0.39 is 4.92 Å². The number of para-hydroxylation sites is 1. The maximum atomic E-state index is 13.2. The summed E-state index contributed by atoms with van der Waals surface area (Å²) < 4.78 is 18.2. The van der Waals surface area contributed by atoms with Crippen LogP contribution in [0.1, 0.15) is 58.1 Å². The topological polar surface area (TPSA) is 104 Å². The van der Waals surface area contributed by atoms with Crippen molar-refractivity contribution in [2.75, 3.05) is 13.2 Å². The van der Waals surface area contributed by atoms with Crippen LogP contribution in [0, 0.1) is 10.1 Å². The lowest BCUT2D eigenvalue weighted by Crippen LogP contribution is -2.29. The molecule has 5 aromatic rings. The zero-order chi connectivity index (χ0) is 30.3. The average Bonchev–Trinajstić information content (AvgIpc) is 3.45. The molecule has 1 atom stereocenters. The molecule has 1 heterocycles. The van der Waals surface area contributed by atoms with Crippen molar-refractivity contribution in [2.24, 2.45) is 0 Å². The van der Waals surface area contributed by atoms with Crippen molar-refractivity contribution >= 4 is 22.4 Å². The highest BCUT2D eigenvalue weighted by Crippen LogP contribution is 2.37. The first-order chi connectivity index (χ1) is 21.6. The summed E-state index contributed by atoms with van der Waals surface area (Å²) in [6, 6.07) is 29.5.